The maximum absolute atomic E-state index is 6.44. The van der Waals surface area contributed by atoms with Crippen molar-refractivity contribution in [3.05, 3.63) is 83.1 Å². The third kappa shape index (κ3) is 3.62. The Hall–Kier alpha value is -2.28. The summed E-state index contributed by atoms with van der Waals surface area (Å²) in [5, 5.41) is 0. The molecule has 0 atom stereocenters. The molecule has 0 aliphatic heterocycles. The van der Waals surface area contributed by atoms with Gasteiger partial charge in [0.15, 0.2) is 0 Å². The summed E-state index contributed by atoms with van der Waals surface area (Å²) in [6.07, 6.45) is 5.33. The summed E-state index contributed by atoms with van der Waals surface area (Å²) in [5.41, 5.74) is 5.35. The molecule has 1 aromatic heterocycles. The molecule has 2 aromatic carbocycles. The monoisotopic (exact) mass is 318 g/mol. The second kappa shape index (κ2) is 8.01. The molecule has 0 saturated heterocycles. The van der Waals surface area contributed by atoms with Gasteiger partial charge in [-0.3, -0.25) is 0 Å². The molecule has 24 heavy (non-hydrogen) atoms. The summed E-state index contributed by atoms with van der Waals surface area (Å²) in [4.78, 5) is 0. The molecule has 124 valence electrons. The van der Waals surface area contributed by atoms with Gasteiger partial charge in [-0.05, 0) is 24.0 Å². The van der Waals surface area contributed by atoms with Crippen LogP contribution in [-0.4, -0.2) is 0 Å². The topological polar surface area (TPSA) is 13.1 Å². The molecule has 0 aliphatic carbocycles. The van der Waals surface area contributed by atoms with Crippen LogP contribution in [0, 0.1) is 0 Å². The van der Waals surface area contributed by atoms with Gasteiger partial charge >= 0.3 is 0 Å². The molecule has 0 radical (unpaired) electrons. The maximum Gasteiger partial charge on any atom is 0.137 e. The van der Waals surface area contributed by atoms with Crippen molar-refractivity contribution in [3.63, 3.8) is 0 Å². The molecule has 3 aromatic rings. The van der Waals surface area contributed by atoms with Crippen LogP contribution in [0.4, 0.5) is 0 Å². The van der Waals surface area contributed by atoms with Crippen LogP contribution in [0.25, 0.3) is 11.3 Å². The second-order valence-electron chi connectivity index (χ2n) is 6.34. The van der Waals surface area contributed by atoms with E-state index in [1.807, 2.05) is 0 Å². The molecule has 0 aliphatic rings. The highest BCUT2D eigenvalue weighted by atomic mass is 16.3. The average Bonchev–Trinajstić information content (AvgIpc) is 2.95. The molecule has 0 bridgehead atoms. The van der Waals surface area contributed by atoms with Crippen molar-refractivity contribution >= 4 is 0 Å². The van der Waals surface area contributed by atoms with Crippen molar-refractivity contribution in [2.24, 2.45) is 0 Å². The van der Waals surface area contributed by atoms with Crippen LogP contribution >= 0.6 is 0 Å². The van der Waals surface area contributed by atoms with E-state index in [0.717, 1.165) is 43.6 Å². The van der Waals surface area contributed by atoms with Crippen LogP contribution in [0.2, 0.25) is 0 Å². The van der Waals surface area contributed by atoms with Gasteiger partial charge < -0.3 is 4.42 Å². The van der Waals surface area contributed by atoms with E-state index in [4.69, 9.17) is 4.42 Å². The van der Waals surface area contributed by atoms with Gasteiger partial charge in [-0.1, -0.05) is 87.4 Å². The second-order valence-corrected chi connectivity index (χ2v) is 6.34. The first kappa shape index (κ1) is 16.6. The number of hydrogen-bond acceptors (Lipinski definition) is 1. The van der Waals surface area contributed by atoms with E-state index < -0.39 is 0 Å². The summed E-state index contributed by atoms with van der Waals surface area (Å²) in [6.45, 7) is 4.49. The Kier molecular flexibility index (Phi) is 5.53. The molecule has 1 heteroatoms. The predicted molar refractivity (Wildman–Crippen MR) is 101 cm³/mol. The van der Waals surface area contributed by atoms with Crippen molar-refractivity contribution in [1.82, 2.24) is 0 Å². The van der Waals surface area contributed by atoms with Gasteiger partial charge in [-0.25, -0.2) is 0 Å². The largest absolute Gasteiger partial charge is 0.460 e. The van der Waals surface area contributed by atoms with Crippen molar-refractivity contribution in [1.29, 1.82) is 0 Å². The fourth-order valence-electron chi connectivity index (χ4n) is 3.35. The van der Waals surface area contributed by atoms with Crippen LogP contribution in [0.3, 0.4) is 0 Å². The number of furan rings is 1. The normalized spacial score (nSPS) is 10.9. The van der Waals surface area contributed by atoms with Crippen LogP contribution in [0.1, 0.15) is 49.1 Å². The Morgan fingerprint density at radius 1 is 0.708 bits per heavy atom. The lowest BCUT2D eigenvalue weighted by atomic mass is 9.95. The van der Waals surface area contributed by atoms with Crippen LogP contribution in [-0.2, 0) is 19.3 Å². The molecule has 0 fully saturated rings. The maximum atomic E-state index is 6.44. The van der Waals surface area contributed by atoms with Gasteiger partial charge in [-0.2, -0.15) is 0 Å². The Labute approximate surface area is 145 Å². The fraction of sp³-hybridized carbons (Fsp3) is 0.304. The van der Waals surface area contributed by atoms with Crippen LogP contribution in [0.15, 0.2) is 65.1 Å². The molecular weight excluding hydrogens is 292 g/mol. The smallest absolute Gasteiger partial charge is 0.137 e. The number of hydrogen-bond donors (Lipinski definition) is 0. The van der Waals surface area contributed by atoms with Gasteiger partial charge in [0.05, 0.1) is 0 Å². The zero-order valence-electron chi connectivity index (χ0n) is 14.7. The van der Waals surface area contributed by atoms with Gasteiger partial charge in [0.25, 0.3) is 0 Å². The van der Waals surface area contributed by atoms with Crippen molar-refractivity contribution in [3.8, 4) is 11.3 Å². The lowest BCUT2D eigenvalue weighted by Gasteiger charge is -2.05. The lowest BCUT2D eigenvalue weighted by molar-refractivity contribution is 0.527. The first-order chi connectivity index (χ1) is 11.8. The van der Waals surface area contributed by atoms with E-state index in [2.05, 4.69) is 74.5 Å². The summed E-state index contributed by atoms with van der Waals surface area (Å²) in [7, 11) is 0. The number of benzene rings is 2. The molecular formula is C23H26O. The van der Waals surface area contributed by atoms with E-state index in [9.17, 15) is 0 Å². The van der Waals surface area contributed by atoms with Crippen molar-refractivity contribution in [2.45, 2.75) is 46.0 Å². The minimum absolute atomic E-state index is 0.875. The van der Waals surface area contributed by atoms with Crippen LogP contribution < -0.4 is 0 Å². The fourth-order valence-corrected chi connectivity index (χ4v) is 3.35. The van der Waals surface area contributed by atoms with Crippen LogP contribution in [0.5, 0.6) is 0 Å². The third-order valence-corrected chi connectivity index (χ3v) is 4.44. The van der Waals surface area contributed by atoms with E-state index in [1.54, 1.807) is 0 Å². The highest BCUT2D eigenvalue weighted by Gasteiger charge is 2.20. The standard InChI is InChI=1S/C23H26O/c1-3-11-20-21(12-4-2)23(19-15-9-6-10-16-19)24-22(20)17-18-13-7-5-8-14-18/h5-10,13-16H,3-4,11-12,17H2,1-2H3. The minimum atomic E-state index is 0.875. The van der Waals surface area contributed by atoms with Gasteiger partial charge in [0.1, 0.15) is 11.5 Å². The zero-order valence-corrected chi connectivity index (χ0v) is 14.7. The van der Waals surface area contributed by atoms with Crippen molar-refractivity contribution < 1.29 is 4.42 Å². The predicted octanol–water partition coefficient (Wildman–Crippen LogP) is 6.44. The lowest BCUT2D eigenvalue weighted by Crippen LogP contribution is -1.96. The Balaban J connectivity index is 2.07. The van der Waals surface area contributed by atoms with E-state index in [1.165, 1.54) is 22.3 Å². The molecule has 0 N–H and O–H groups in total. The van der Waals surface area contributed by atoms with Crippen molar-refractivity contribution in [2.75, 3.05) is 0 Å². The highest BCUT2D eigenvalue weighted by molar-refractivity contribution is 5.64. The molecule has 1 heterocycles. The first-order valence-corrected chi connectivity index (χ1v) is 9.06. The van der Waals surface area contributed by atoms with E-state index >= 15 is 0 Å². The molecule has 0 unspecified atom stereocenters. The average molecular weight is 318 g/mol. The van der Waals surface area contributed by atoms with Gasteiger partial charge in [0.2, 0.25) is 0 Å². The summed E-state index contributed by atoms with van der Waals surface area (Å²) >= 11 is 0. The Morgan fingerprint density at radius 2 is 1.29 bits per heavy atom. The Bertz CT molecular complexity index is 753. The summed E-state index contributed by atoms with van der Waals surface area (Å²) in [6, 6.07) is 21.2. The molecule has 1 nitrogen and oxygen atoms in total. The molecule has 0 spiro atoms. The Morgan fingerprint density at radius 3 is 1.92 bits per heavy atom. The summed E-state index contributed by atoms with van der Waals surface area (Å²) < 4.78 is 6.44. The van der Waals surface area contributed by atoms with Gasteiger partial charge in [-0.15, -0.1) is 0 Å². The highest BCUT2D eigenvalue weighted by Crippen LogP contribution is 2.34. The molecule has 0 saturated carbocycles. The third-order valence-electron chi connectivity index (χ3n) is 4.44. The first-order valence-electron chi connectivity index (χ1n) is 9.06. The minimum Gasteiger partial charge on any atom is -0.460 e. The van der Waals surface area contributed by atoms with E-state index in [0.29, 0.717) is 0 Å². The zero-order chi connectivity index (χ0) is 16.8. The summed E-state index contributed by atoms with van der Waals surface area (Å²) in [5.74, 6) is 2.22. The quantitative estimate of drug-likeness (QED) is 0.488. The molecule has 3 rings (SSSR count). The van der Waals surface area contributed by atoms with E-state index in [-0.39, 0.29) is 0 Å². The van der Waals surface area contributed by atoms with Gasteiger partial charge in [0, 0.05) is 17.5 Å². The molecule has 0 amide bonds. The SMILES string of the molecule is CCCc1c(Cc2ccccc2)oc(-c2ccccc2)c1CCC. The number of rotatable bonds is 7.